The molecule has 0 amide bonds. The maximum atomic E-state index is 14.1. The minimum Gasteiger partial charge on any atom is -0.384 e. The van der Waals surface area contributed by atoms with Gasteiger partial charge in [0.25, 0.3) is 0 Å². The molecule has 0 aromatic heterocycles. The maximum absolute atomic E-state index is 14.1. The van der Waals surface area contributed by atoms with Gasteiger partial charge in [-0.2, -0.15) is 0 Å². The van der Waals surface area contributed by atoms with Crippen LogP contribution in [-0.2, 0) is 6.54 Å². The Bertz CT molecular complexity index is 535. The summed E-state index contributed by atoms with van der Waals surface area (Å²) in [6.07, 6.45) is 0. The van der Waals surface area contributed by atoms with E-state index in [9.17, 15) is 4.39 Å². The first-order chi connectivity index (χ1) is 10.1. The monoisotopic (exact) mass is 290 g/mol. The minimum absolute atomic E-state index is 0.205. The van der Waals surface area contributed by atoms with Crippen molar-refractivity contribution in [2.24, 2.45) is 0 Å². The average Bonchev–Trinajstić information content (AvgIpc) is 2.48. The summed E-state index contributed by atoms with van der Waals surface area (Å²) in [7, 11) is 0. The van der Waals surface area contributed by atoms with E-state index in [1.54, 1.807) is 6.07 Å². The van der Waals surface area contributed by atoms with Crippen molar-refractivity contribution in [1.82, 2.24) is 9.80 Å². The number of nitrogens with zero attached hydrogens (tertiary/aromatic N) is 2. The Balaban J connectivity index is 2.00. The Morgan fingerprint density at radius 1 is 1.38 bits per heavy atom. The Labute approximate surface area is 126 Å². The van der Waals surface area contributed by atoms with Crippen molar-refractivity contribution in [2.45, 2.75) is 26.4 Å². The molecule has 3 nitrogen and oxygen atoms in total. The predicted molar refractivity (Wildman–Crippen MR) is 82.3 cm³/mol. The van der Waals surface area contributed by atoms with Crippen LogP contribution >= 0.6 is 0 Å². The lowest BCUT2D eigenvalue weighted by Gasteiger charge is -2.39. The molecular formula is C17H23FN2O. The Morgan fingerprint density at radius 2 is 2.19 bits per heavy atom. The number of halogens is 1. The second-order valence-electron chi connectivity index (χ2n) is 5.48. The Morgan fingerprint density at radius 3 is 2.81 bits per heavy atom. The number of piperazine rings is 1. The molecule has 1 aromatic rings. The Kier molecular flexibility index (Phi) is 5.75. The third kappa shape index (κ3) is 4.28. The van der Waals surface area contributed by atoms with Crippen molar-refractivity contribution < 1.29 is 9.50 Å². The van der Waals surface area contributed by atoms with Gasteiger partial charge in [-0.25, -0.2) is 4.39 Å². The molecule has 0 radical (unpaired) electrons. The van der Waals surface area contributed by atoms with Crippen LogP contribution < -0.4 is 0 Å². The van der Waals surface area contributed by atoms with E-state index in [4.69, 9.17) is 5.11 Å². The summed E-state index contributed by atoms with van der Waals surface area (Å²) in [6.45, 7) is 8.89. The van der Waals surface area contributed by atoms with E-state index in [1.165, 1.54) is 6.07 Å². The second-order valence-corrected chi connectivity index (χ2v) is 5.48. The highest BCUT2D eigenvalue weighted by atomic mass is 19.1. The largest absolute Gasteiger partial charge is 0.384 e. The molecular weight excluding hydrogens is 267 g/mol. The number of rotatable bonds is 3. The fraction of sp³-hybridized carbons (Fsp3) is 0.529. The van der Waals surface area contributed by atoms with Crippen LogP contribution in [0.4, 0.5) is 4.39 Å². The summed E-state index contributed by atoms with van der Waals surface area (Å²) in [4.78, 5) is 4.74. The van der Waals surface area contributed by atoms with Gasteiger partial charge in [-0.05, 0) is 25.6 Å². The summed E-state index contributed by atoms with van der Waals surface area (Å²) in [6, 6.07) is 5.57. The molecule has 1 N–H and O–H groups in total. The standard InChI is InChI=1S/C17H23FN2O/c1-3-20-9-8-19(12-14(20)2)13-16-7-6-15(5-4-10-21)11-17(16)18/h6-7,11,14,21H,3,8-10,12-13H2,1-2H3. The minimum atomic E-state index is -0.217. The number of benzene rings is 1. The lowest BCUT2D eigenvalue weighted by Crippen LogP contribution is -2.51. The predicted octanol–water partition coefficient (Wildman–Crippen LogP) is 1.70. The molecule has 114 valence electrons. The van der Waals surface area contributed by atoms with E-state index in [0.29, 0.717) is 23.7 Å². The second kappa shape index (κ2) is 7.56. The summed E-state index contributed by atoms with van der Waals surface area (Å²) >= 11 is 0. The molecule has 1 heterocycles. The third-order valence-corrected chi connectivity index (χ3v) is 4.01. The fourth-order valence-electron chi connectivity index (χ4n) is 2.82. The molecule has 0 aliphatic carbocycles. The van der Waals surface area contributed by atoms with Crippen molar-refractivity contribution in [3.63, 3.8) is 0 Å². The smallest absolute Gasteiger partial charge is 0.128 e. The third-order valence-electron chi connectivity index (χ3n) is 4.01. The zero-order chi connectivity index (χ0) is 15.2. The van der Waals surface area contributed by atoms with E-state index in [1.807, 2.05) is 6.07 Å². The first kappa shape index (κ1) is 16.0. The molecule has 2 rings (SSSR count). The van der Waals surface area contributed by atoms with Crippen LogP contribution in [0.5, 0.6) is 0 Å². The quantitative estimate of drug-likeness (QED) is 0.858. The van der Waals surface area contributed by atoms with Crippen molar-refractivity contribution in [1.29, 1.82) is 0 Å². The summed E-state index contributed by atoms with van der Waals surface area (Å²) < 4.78 is 14.1. The molecule has 1 atom stereocenters. The molecule has 4 heteroatoms. The molecule has 1 aliphatic rings. The molecule has 21 heavy (non-hydrogen) atoms. The highest BCUT2D eigenvalue weighted by Crippen LogP contribution is 2.16. The van der Waals surface area contributed by atoms with Crippen molar-refractivity contribution in [3.8, 4) is 11.8 Å². The molecule has 1 aliphatic heterocycles. The van der Waals surface area contributed by atoms with Gasteiger partial charge in [0.1, 0.15) is 12.4 Å². The fourth-order valence-corrected chi connectivity index (χ4v) is 2.82. The summed E-state index contributed by atoms with van der Waals surface area (Å²) in [5.74, 6) is 5.04. The number of hydrogen-bond acceptors (Lipinski definition) is 3. The summed E-state index contributed by atoms with van der Waals surface area (Å²) in [5.41, 5.74) is 1.32. The van der Waals surface area contributed by atoms with E-state index in [2.05, 4.69) is 35.5 Å². The van der Waals surface area contributed by atoms with Gasteiger partial charge in [-0.1, -0.05) is 24.8 Å². The van der Waals surface area contributed by atoms with Gasteiger partial charge < -0.3 is 5.11 Å². The normalized spacial score (nSPS) is 20.1. The highest BCUT2D eigenvalue weighted by molar-refractivity contribution is 5.37. The first-order valence-electron chi connectivity index (χ1n) is 7.48. The molecule has 0 saturated carbocycles. The van der Waals surface area contributed by atoms with Gasteiger partial charge in [0.2, 0.25) is 0 Å². The van der Waals surface area contributed by atoms with E-state index in [-0.39, 0.29) is 12.4 Å². The topological polar surface area (TPSA) is 26.7 Å². The number of aliphatic hydroxyl groups is 1. The zero-order valence-electron chi connectivity index (χ0n) is 12.8. The lowest BCUT2D eigenvalue weighted by molar-refractivity contribution is 0.0827. The van der Waals surface area contributed by atoms with Crippen molar-refractivity contribution in [2.75, 3.05) is 32.8 Å². The van der Waals surface area contributed by atoms with Gasteiger partial charge in [-0.15, -0.1) is 0 Å². The molecule has 1 aromatic carbocycles. The number of hydrogen-bond donors (Lipinski definition) is 1. The van der Waals surface area contributed by atoms with Crippen LogP contribution in [0.25, 0.3) is 0 Å². The molecule has 1 fully saturated rings. The van der Waals surface area contributed by atoms with Gasteiger partial charge in [0.05, 0.1) is 0 Å². The van der Waals surface area contributed by atoms with Crippen LogP contribution in [0.3, 0.4) is 0 Å². The zero-order valence-corrected chi connectivity index (χ0v) is 12.8. The summed E-state index contributed by atoms with van der Waals surface area (Å²) in [5, 5.41) is 8.66. The lowest BCUT2D eigenvalue weighted by atomic mass is 10.1. The van der Waals surface area contributed by atoms with Crippen LogP contribution in [-0.4, -0.2) is 53.7 Å². The molecule has 1 saturated heterocycles. The van der Waals surface area contributed by atoms with E-state index in [0.717, 1.165) is 26.2 Å². The van der Waals surface area contributed by atoms with Crippen LogP contribution in [0.15, 0.2) is 18.2 Å². The first-order valence-corrected chi connectivity index (χ1v) is 7.48. The number of aliphatic hydroxyl groups excluding tert-OH is 1. The van der Waals surface area contributed by atoms with Crippen molar-refractivity contribution in [3.05, 3.63) is 35.1 Å². The van der Waals surface area contributed by atoms with Crippen LogP contribution in [0.2, 0.25) is 0 Å². The van der Waals surface area contributed by atoms with Gasteiger partial charge in [0, 0.05) is 43.3 Å². The average molecular weight is 290 g/mol. The molecule has 0 bridgehead atoms. The highest BCUT2D eigenvalue weighted by Gasteiger charge is 2.22. The van der Waals surface area contributed by atoms with Crippen LogP contribution in [0.1, 0.15) is 25.0 Å². The molecule has 1 unspecified atom stereocenters. The molecule has 0 spiro atoms. The van der Waals surface area contributed by atoms with E-state index >= 15 is 0 Å². The van der Waals surface area contributed by atoms with Gasteiger partial charge in [0.15, 0.2) is 0 Å². The van der Waals surface area contributed by atoms with E-state index < -0.39 is 0 Å². The van der Waals surface area contributed by atoms with Crippen molar-refractivity contribution >= 4 is 0 Å². The maximum Gasteiger partial charge on any atom is 0.128 e. The Hall–Kier alpha value is -1.41. The van der Waals surface area contributed by atoms with Crippen LogP contribution in [0, 0.1) is 17.7 Å². The SMILES string of the molecule is CCN1CCN(Cc2ccc(C#CCO)cc2F)CC1C. The van der Waals surface area contributed by atoms with Gasteiger partial charge in [-0.3, -0.25) is 9.80 Å². The number of likely N-dealkylation sites (N-methyl/N-ethyl adjacent to an activating group) is 1. The van der Waals surface area contributed by atoms with Gasteiger partial charge >= 0.3 is 0 Å².